The molecule has 3 rings (SSSR count). The van der Waals surface area contributed by atoms with Crippen LogP contribution in [0.25, 0.3) is 0 Å². The van der Waals surface area contributed by atoms with Gasteiger partial charge in [-0.05, 0) is 24.0 Å². The first kappa shape index (κ1) is 11.9. The molecule has 0 spiro atoms. The third-order valence-electron chi connectivity index (χ3n) is 4.03. The van der Waals surface area contributed by atoms with E-state index >= 15 is 0 Å². The summed E-state index contributed by atoms with van der Waals surface area (Å²) in [6, 6.07) is 7.79. The van der Waals surface area contributed by atoms with E-state index in [2.05, 4.69) is 10.1 Å². The van der Waals surface area contributed by atoms with Crippen molar-refractivity contribution in [3.8, 4) is 0 Å². The molecule has 1 aliphatic rings. The Hall–Kier alpha value is -2.17. The van der Waals surface area contributed by atoms with Gasteiger partial charge in [-0.25, -0.2) is 4.98 Å². The van der Waals surface area contributed by atoms with Crippen LogP contribution < -0.4 is 0 Å². The second kappa shape index (κ2) is 4.19. The molecule has 19 heavy (non-hydrogen) atoms. The zero-order chi connectivity index (χ0) is 13.5. The number of carboxylic acid groups (broad SMARTS) is 1. The lowest BCUT2D eigenvalue weighted by Crippen LogP contribution is -2.36. The predicted octanol–water partition coefficient (Wildman–Crippen LogP) is 1.33. The van der Waals surface area contributed by atoms with Crippen molar-refractivity contribution in [2.75, 3.05) is 0 Å². The molecule has 5 nitrogen and oxygen atoms in total. The highest BCUT2D eigenvalue weighted by molar-refractivity contribution is 5.83. The maximum absolute atomic E-state index is 11.9. The van der Waals surface area contributed by atoms with Gasteiger partial charge in [0.2, 0.25) is 0 Å². The van der Waals surface area contributed by atoms with Gasteiger partial charge in [0.1, 0.15) is 17.6 Å². The molecule has 0 aliphatic heterocycles. The molecule has 2 aromatic rings. The molecule has 5 heteroatoms. The number of hydrogen-bond donors (Lipinski definition) is 1. The first-order chi connectivity index (χ1) is 9.13. The Kier molecular flexibility index (Phi) is 2.62. The van der Waals surface area contributed by atoms with Gasteiger partial charge in [0, 0.05) is 13.5 Å². The smallest absolute Gasteiger partial charge is 0.314 e. The molecular formula is C14H15N3O2. The zero-order valence-corrected chi connectivity index (χ0v) is 10.7. The van der Waals surface area contributed by atoms with Crippen molar-refractivity contribution in [3.63, 3.8) is 0 Å². The third kappa shape index (κ3) is 1.73. The van der Waals surface area contributed by atoms with Crippen LogP contribution in [0.5, 0.6) is 0 Å². The Morgan fingerprint density at radius 1 is 1.47 bits per heavy atom. The molecule has 1 unspecified atom stereocenters. The number of aryl methyl sites for hydroxylation is 2. The van der Waals surface area contributed by atoms with Crippen LogP contribution in [0, 0.1) is 0 Å². The molecule has 0 saturated heterocycles. The van der Waals surface area contributed by atoms with Crippen molar-refractivity contribution in [1.82, 2.24) is 14.8 Å². The summed E-state index contributed by atoms with van der Waals surface area (Å²) in [6.07, 6.45) is 3.27. The van der Waals surface area contributed by atoms with Gasteiger partial charge in [0.15, 0.2) is 0 Å². The Morgan fingerprint density at radius 2 is 2.26 bits per heavy atom. The molecular weight excluding hydrogens is 242 g/mol. The Bertz CT molecular complexity index is 635. The minimum absolute atomic E-state index is 0.385. The average Bonchev–Trinajstić information content (AvgIpc) is 2.96. The number of benzene rings is 1. The lowest BCUT2D eigenvalue weighted by atomic mass is 9.78. The number of carbonyl (C=O) groups is 1. The van der Waals surface area contributed by atoms with Gasteiger partial charge < -0.3 is 5.11 Å². The molecule has 0 radical (unpaired) electrons. The summed E-state index contributed by atoms with van der Waals surface area (Å²) in [5.41, 5.74) is 1.19. The minimum Gasteiger partial charge on any atom is -0.481 e. The largest absolute Gasteiger partial charge is 0.481 e. The summed E-state index contributed by atoms with van der Waals surface area (Å²) in [6.45, 7) is 0. The number of aliphatic carboxylic acids is 1. The van der Waals surface area contributed by atoms with Gasteiger partial charge in [0.05, 0.1) is 0 Å². The third-order valence-corrected chi connectivity index (χ3v) is 4.03. The van der Waals surface area contributed by atoms with Crippen LogP contribution in [0.4, 0.5) is 0 Å². The molecule has 0 saturated carbocycles. The van der Waals surface area contributed by atoms with E-state index < -0.39 is 11.4 Å². The zero-order valence-electron chi connectivity index (χ0n) is 10.7. The van der Waals surface area contributed by atoms with Gasteiger partial charge in [-0.3, -0.25) is 9.48 Å². The Labute approximate surface area is 110 Å². The molecule has 0 amide bonds. The molecule has 0 bridgehead atoms. The molecule has 98 valence electrons. The van der Waals surface area contributed by atoms with Crippen molar-refractivity contribution in [2.24, 2.45) is 7.05 Å². The quantitative estimate of drug-likeness (QED) is 0.900. The standard InChI is InChI=1S/C14H15N3O2/c1-17-12(15-9-16-17)8-14(13(18)19)7-6-10-4-2-3-5-11(10)14/h2-5,9H,6-8H2,1H3,(H,18,19). The summed E-state index contributed by atoms with van der Waals surface area (Å²) < 4.78 is 1.64. The number of aromatic nitrogens is 3. The van der Waals surface area contributed by atoms with E-state index in [9.17, 15) is 9.90 Å². The van der Waals surface area contributed by atoms with Crippen molar-refractivity contribution >= 4 is 5.97 Å². The van der Waals surface area contributed by atoms with Gasteiger partial charge >= 0.3 is 5.97 Å². The minimum atomic E-state index is -0.864. The van der Waals surface area contributed by atoms with E-state index in [0.29, 0.717) is 18.7 Å². The van der Waals surface area contributed by atoms with Gasteiger partial charge in [-0.1, -0.05) is 24.3 Å². The van der Waals surface area contributed by atoms with E-state index in [-0.39, 0.29) is 0 Å². The summed E-state index contributed by atoms with van der Waals surface area (Å²) >= 11 is 0. The molecule has 1 heterocycles. The fourth-order valence-electron chi connectivity index (χ4n) is 2.92. The second-order valence-electron chi connectivity index (χ2n) is 5.02. The lowest BCUT2D eigenvalue weighted by Gasteiger charge is -2.24. The second-order valence-corrected chi connectivity index (χ2v) is 5.02. The van der Waals surface area contributed by atoms with Crippen LogP contribution in [0.2, 0.25) is 0 Å². The van der Waals surface area contributed by atoms with E-state index in [1.807, 2.05) is 24.3 Å². The topological polar surface area (TPSA) is 68.0 Å². The van der Waals surface area contributed by atoms with Gasteiger partial charge in [-0.15, -0.1) is 0 Å². The molecule has 1 atom stereocenters. The maximum atomic E-state index is 11.9. The highest BCUT2D eigenvalue weighted by Crippen LogP contribution is 2.41. The number of fused-ring (bicyclic) bond motifs is 1. The number of carboxylic acids is 1. The van der Waals surface area contributed by atoms with Crippen molar-refractivity contribution < 1.29 is 9.90 Å². The molecule has 1 N–H and O–H groups in total. The van der Waals surface area contributed by atoms with Gasteiger partial charge in [-0.2, -0.15) is 5.10 Å². The highest BCUT2D eigenvalue weighted by Gasteiger charge is 2.46. The Balaban J connectivity index is 2.08. The lowest BCUT2D eigenvalue weighted by molar-refractivity contribution is -0.143. The van der Waals surface area contributed by atoms with Crippen LogP contribution in [0.15, 0.2) is 30.6 Å². The van der Waals surface area contributed by atoms with Crippen LogP contribution >= 0.6 is 0 Å². The summed E-state index contributed by atoms with van der Waals surface area (Å²) in [5.74, 6) is -0.0699. The van der Waals surface area contributed by atoms with Crippen molar-refractivity contribution in [1.29, 1.82) is 0 Å². The van der Waals surface area contributed by atoms with Crippen LogP contribution in [0.1, 0.15) is 23.4 Å². The van der Waals surface area contributed by atoms with E-state index in [0.717, 1.165) is 17.5 Å². The Morgan fingerprint density at radius 3 is 2.95 bits per heavy atom. The molecule has 1 aliphatic carbocycles. The SMILES string of the molecule is Cn1ncnc1CC1(C(=O)O)CCc2ccccc21. The van der Waals surface area contributed by atoms with Crippen LogP contribution in [-0.2, 0) is 30.1 Å². The first-order valence-corrected chi connectivity index (χ1v) is 6.28. The number of rotatable bonds is 3. The van der Waals surface area contributed by atoms with Crippen LogP contribution in [0.3, 0.4) is 0 Å². The normalized spacial score (nSPS) is 21.3. The van der Waals surface area contributed by atoms with Crippen LogP contribution in [-0.4, -0.2) is 25.8 Å². The predicted molar refractivity (Wildman–Crippen MR) is 68.8 cm³/mol. The highest BCUT2D eigenvalue weighted by atomic mass is 16.4. The van der Waals surface area contributed by atoms with Gasteiger partial charge in [0.25, 0.3) is 0 Å². The van der Waals surface area contributed by atoms with E-state index in [1.165, 1.54) is 6.33 Å². The molecule has 1 aromatic carbocycles. The summed E-state index contributed by atoms with van der Waals surface area (Å²) in [4.78, 5) is 16.0. The summed E-state index contributed by atoms with van der Waals surface area (Å²) in [7, 11) is 1.79. The summed E-state index contributed by atoms with van der Waals surface area (Å²) in [5, 5.41) is 13.8. The number of nitrogens with zero attached hydrogens (tertiary/aromatic N) is 3. The fraction of sp³-hybridized carbons (Fsp3) is 0.357. The van der Waals surface area contributed by atoms with E-state index in [1.54, 1.807) is 11.7 Å². The fourth-order valence-corrected chi connectivity index (χ4v) is 2.92. The van der Waals surface area contributed by atoms with E-state index in [4.69, 9.17) is 0 Å². The first-order valence-electron chi connectivity index (χ1n) is 6.28. The number of hydrogen-bond acceptors (Lipinski definition) is 3. The maximum Gasteiger partial charge on any atom is 0.314 e. The van der Waals surface area contributed by atoms with Crippen molar-refractivity contribution in [2.45, 2.75) is 24.7 Å². The van der Waals surface area contributed by atoms with Crippen molar-refractivity contribution in [3.05, 3.63) is 47.5 Å². The molecule has 1 aromatic heterocycles. The average molecular weight is 257 g/mol. The molecule has 0 fully saturated rings. The monoisotopic (exact) mass is 257 g/mol.